The van der Waals surface area contributed by atoms with E-state index in [1.54, 1.807) is 13.8 Å². The number of aliphatic carboxylic acids is 1. The van der Waals surface area contributed by atoms with Crippen LogP contribution in [0.4, 0.5) is 0 Å². The largest absolute Gasteiger partial charge is 0.481 e. The van der Waals surface area contributed by atoms with Crippen LogP contribution in [0.3, 0.4) is 0 Å². The first-order chi connectivity index (χ1) is 24.2. The number of nitrogens with zero attached hydrogens (tertiary/aromatic N) is 4. The second kappa shape index (κ2) is 12.2. The van der Waals surface area contributed by atoms with Gasteiger partial charge in [0.2, 0.25) is 11.7 Å². The van der Waals surface area contributed by atoms with Crippen LogP contribution in [0.5, 0.6) is 0 Å². The van der Waals surface area contributed by atoms with E-state index in [1.807, 2.05) is 0 Å². The average molecular weight is 735 g/mol. The van der Waals surface area contributed by atoms with Crippen molar-refractivity contribution in [3.05, 3.63) is 34.5 Å². The maximum absolute atomic E-state index is 14.1. The quantitative estimate of drug-likeness (QED) is 0.274. The normalized spacial score (nSPS) is 36.9. The highest BCUT2D eigenvalue weighted by molar-refractivity contribution is 6.30. The number of esters is 1. The minimum absolute atomic E-state index is 0.0241. The molecule has 5 aliphatic carbocycles. The van der Waals surface area contributed by atoms with Crippen LogP contribution >= 0.6 is 11.6 Å². The lowest BCUT2D eigenvalue weighted by atomic mass is 9.33. The lowest BCUT2D eigenvalue weighted by Crippen LogP contribution is -2.66. The van der Waals surface area contributed by atoms with Gasteiger partial charge in [-0.25, -0.2) is 9.97 Å². The van der Waals surface area contributed by atoms with Crippen LogP contribution in [0, 0.1) is 50.7 Å². The number of carbonyl (C=O) groups excluding carboxylic acids is 2. The average Bonchev–Trinajstić information content (AvgIpc) is 3.66. The van der Waals surface area contributed by atoms with Crippen LogP contribution in [0.1, 0.15) is 132 Å². The zero-order valence-corrected chi connectivity index (χ0v) is 33.0. The van der Waals surface area contributed by atoms with Gasteiger partial charge in [0.25, 0.3) is 5.89 Å². The molecule has 4 saturated carbocycles. The predicted molar refractivity (Wildman–Crippen MR) is 195 cm³/mol. The molecule has 0 amide bonds. The van der Waals surface area contributed by atoms with E-state index in [1.165, 1.54) is 18.0 Å². The van der Waals surface area contributed by atoms with E-state index >= 15 is 0 Å². The molecule has 0 unspecified atom stereocenters. The lowest BCUT2D eigenvalue weighted by molar-refractivity contribution is -0.232. The second-order valence-corrected chi connectivity index (χ2v) is 19.6. The van der Waals surface area contributed by atoms with Gasteiger partial charge < -0.3 is 14.3 Å². The number of hydrogen-bond acceptors (Lipinski definition) is 9. The molecule has 0 radical (unpaired) electrons. The van der Waals surface area contributed by atoms with Crippen molar-refractivity contribution in [2.75, 3.05) is 0 Å². The molecule has 2 heterocycles. The number of carboxylic acid groups (broad SMARTS) is 1. The maximum Gasteiger partial charge on any atom is 0.309 e. The molecule has 5 aliphatic rings. The van der Waals surface area contributed by atoms with Crippen molar-refractivity contribution in [3.8, 4) is 11.7 Å². The molecule has 2 aromatic heterocycles. The van der Waals surface area contributed by atoms with E-state index in [9.17, 15) is 19.5 Å². The first-order valence-electron chi connectivity index (χ1n) is 19.2. The molecular weight excluding hydrogens is 680 g/mol. The molecule has 4 fully saturated rings. The maximum atomic E-state index is 14.1. The minimum Gasteiger partial charge on any atom is -0.481 e. The van der Waals surface area contributed by atoms with Gasteiger partial charge in [-0.3, -0.25) is 14.4 Å². The number of ether oxygens (including phenoxy) is 1. The summed E-state index contributed by atoms with van der Waals surface area (Å²) in [6, 6.07) is 0. The van der Waals surface area contributed by atoms with Gasteiger partial charge in [0.15, 0.2) is 5.78 Å². The Morgan fingerprint density at radius 3 is 2.31 bits per heavy atom. The van der Waals surface area contributed by atoms with Gasteiger partial charge in [-0.2, -0.15) is 0 Å². The third-order valence-corrected chi connectivity index (χ3v) is 15.7. The Kier molecular flexibility index (Phi) is 8.72. The fourth-order valence-corrected chi connectivity index (χ4v) is 12.7. The number of hydrogen-bond donors (Lipinski definition) is 1. The van der Waals surface area contributed by atoms with Crippen LogP contribution in [0.15, 0.2) is 28.0 Å². The molecule has 0 spiro atoms. The topological polar surface area (TPSA) is 145 Å². The summed E-state index contributed by atoms with van der Waals surface area (Å²) < 4.78 is 12.6. The minimum atomic E-state index is -1.17. The Morgan fingerprint density at radius 2 is 1.65 bits per heavy atom. The molecule has 0 saturated heterocycles. The van der Waals surface area contributed by atoms with Crippen molar-refractivity contribution >= 4 is 29.3 Å². The van der Waals surface area contributed by atoms with Crippen molar-refractivity contribution in [1.29, 1.82) is 0 Å². The summed E-state index contributed by atoms with van der Waals surface area (Å²) >= 11 is 6.04. The molecule has 0 aromatic carbocycles. The number of carbonyl (C=O) groups is 3. The van der Waals surface area contributed by atoms with Gasteiger partial charge in [0.05, 0.1) is 22.3 Å². The molecule has 7 rings (SSSR count). The van der Waals surface area contributed by atoms with Gasteiger partial charge >= 0.3 is 11.9 Å². The van der Waals surface area contributed by atoms with Gasteiger partial charge in [-0.15, -0.1) is 10.2 Å². The number of rotatable bonds is 7. The standard InChI is InChI=1S/C41H55ClN4O6/c1-22(2)30-25(47)18-41(34-46-45-33(52-34)32-43-20-23(42)21-44-32)17-16-39(8)24(31(30)41)10-11-27-38(7)14-13-28(51-29(48)19-36(3,4)35(49)50)37(5,6)26(38)12-15-40(27,39)9/h20-22,24,26-28H,10-19H2,1-9H3,(H,49,50)/t24-,26+,27-,28+,38+,39-,40-,41-/m1/s1. The van der Waals surface area contributed by atoms with Gasteiger partial charge in [-0.05, 0) is 116 Å². The van der Waals surface area contributed by atoms with Crippen LogP contribution in [-0.4, -0.2) is 49.1 Å². The van der Waals surface area contributed by atoms with Gasteiger partial charge in [-0.1, -0.05) is 60.1 Å². The number of Topliss-reactive ketones (excluding diaryl/α,β-unsaturated/α-hetero) is 1. The summed E-state index contributed by atoms with van der Waals surface area (Å²) in [5.74, 6) is 0.906. The number of fused-ring (bicyclic) bond motifs is 7. The molecule has 10 nitrogen and oxygen atoms in total. The molecule has 0 aliphatic heterocycles. The van der Waals surface area contributed by atoms with Crippen LogP contribution < -0.4 is 0 Å². The highest BCUT2D eigenvalue weighted by Crippen LogP contribution is 2.76. The van der Waals surface area contributed by atoms with Crippen molar-refractivity contribution < 1.29 is 28.6 Å². The van der Waals surface area contributed by atoms with Crippen molar-refractivity contribution in [2.24, 2.45) is 50.7 Å². The van der Waals surface area contributed by atoms with Crippen LogP contribution in [0.25, 0.3) is 11.7 Å². The first kappa shape index (κ1) is 37.2. The first-order valence-corrected chi connectivity index (χ1v) is 19.6. The van der Waals surface area contributed by atoms with Crippen molar-refractivity contribution in [3.63, 3.8) is 0 Å². The summed E-state index contributed by atoms with van der Waals surface area (Å²) in [5.41, 5.74) is 0.141. The highest BCUT2D eigenvalue weighted by atomic mass is 35.5. The van der Waals surface area contributed by atoms with E-state index in [-0.39, 0.29) is 57.7 Å². The Hall–Kier alpha value is -3.14. The van der Waals surface area contributed by atoms with Gasteiger partial charge in [0.1, 0.15) is 6.10 Å². The van der Waals surface area contributed by atoms with Crippen molar-refractivity contribution in [1.82, 2.24) is 20.2 Å². The Bertz CT molecular complexity index is 1830. The molecule has 11 heteroatoms. The summed E-state index contributed by atoms with van der Waals surface area (Å²) in [5, 5.41) is 19.0. The van der Waals surface area contributed by atoms with E-state index in [0.29, 0.717) is 35.0 Å². The molecular formula is C41H55ClN4O6. The summed E-state index contributed by atoms with van der Waals surface area (Å²) in [6.45, 7) is 19.5. The smallest absolute Gasteiger partial charge is 0.309 e. The van der Waals surface area contributed by atoms with E-state index in [0.717, 1.165) is 56.9 Å². The van der Waals surface area contributed by atoms with E-state index in [2.05, 4.69) is 68.6 Å². The lowest BCUT2D eigenvalue weighted by Gasteiger charge is -2.72. The Labute approximate surface area is 312 Å². The molecule has 8 atom stereocenters. The Morgan fingerprint density at radius 1 is 0.962 bits per heavy atom. The number of ketones is 1. The molecule has 1 N–H and O–H groups in total. The fraction of sp³-hybridized carbons (Fsp3) is 0.732. The molecule has 52 heavy (non-hydrogen) atoms. The molecule has 0 bridgehead atoms. The van der Waals surface area contributed by atoms with Gasteiger partial charge in [0, 0.05) is 24.2 Å². The Balaban J connectivity index is 1.20. The van der Waals surface area contributed by atoms with Crippen LogP contribution in [0.2, 0.25) is 5.02 Å². The third-order valence-electron chi connectivity index (χ3n) is 15.5. The zero-order chi connectivity index (χ0) is 37.8. The monoisotopic (exact) mass is 734 g/mol. The molecule has 2 aromatic rings. The molecule has 282 valence electrons. The summed E-state index contributed by atoms with van der Waals surface area (Å²) in [6.07, 6.45) is 10.6. The number of halogens is 1. The van der Waals surface area contributed by atoms with Crippen LogP contribution in [-0.2, 0) is 24.5 Å². The second-order valence-electron chi connectivity index (χ2n) is 19.1. The van der Waals surface area contributed by atoms with Crippen molar-refractivity contribution in [2.45, 2.75) is 138 Å². The van der Waals surface area contributed by atoms with E-state index < -0.39 is 22.8 Å². The number of allylic oxidation sites excluding steroid dienone is 2. The van der Waals surface area contributed by atoms with E-state index in [4.69, 9.17) is 20.8 Å². The summed E-state index contributed by atoms with van der Waals surface area (Å²) in [4.78, 5) is 47.5. The third kappa shape index (κ3) is 5.26. The zero-order valence-electron chi connectivity index (χ0n) is 32.3. The predicted octanol–water partition coefficient (Wildman–Crippen LogP) is 8.82. The highest BCUT2D eigenvalue weighted by Gasteiger charge is 2.71. The number of aromatic nitrogens is 4. The summed E-state index contributed by atoms with van der Waals surface area (Å²) in [7, 11) is 0. The SMILES string of the molecule is CC(C)C1=C2[C@H]3CC[C@@H]4[C@@]5(C)CC[C@H](OC(=O)CC(C)(C)C(=O)O)C(C)(C)[C@@H]5CC[C@@]4(C)[C@]3(C)CC[C@@]2(c2nnc(-c3ncc(Cl)cn3)o2)CC1=O. The number of carboxylic acids is 1. The fourth-order valence-electron chi connectivity index (χ4n) is 12.6.